The van der Waals surface area contributed by atoms with Crippen LogP contribution in [0.4, 0.5) is 5.82 Å². The molecule has 0 saturated heterocycles. The third-order valence-corrected chi connectivity index (χ3v) is 3.50. The van der Waals surface area contributed by atoms with Crippen molar-refractivity contribution < 1.29 is 0 Å². The van der Waals surface area contributed by atoms with Crippen molar-refractivity contribution in [3.63, 3.8) is 0 Å². The van der Waals surface area contributed by atoms with Crippen LogP contribution in [-0.4, -0.2) is 9.55 Å². The van der Waals surface area contributed by atoms with E-state index in [1.807, 2.05) is 29.7 Å². The molecule has 2 aromatic rings. The van der Waals surface area contributed by atoms with Crippen LogP contribution in [0.3, 0.4) is 0 Å². The fraction of sp³-hybridized carbons (Fsp3) is 0.154. The maximum atomic E-state index is 6.22. The molecule has 0 radical (unpaired) electrons. The average Bonchev–Trinajstić information content (AvgIpc) is 2.58. The monoisotopic (exact) mass is 325 g/mol. The Bertz CT molecular complexity index is 605. The highest BCUT2D eigenvalue weighted by Gasteiger charge is 2.15. The van der Waals surface area contributed by atoms with Gasteiger partial charge < -0.3 is 10.3 Å². The Hall–Kier alpha value is -1.26. The van der Waals surface area contributed by atoms with E-state index < -0.39 is 0 Å². The Morgan fingerprint density at radius 3 is 2.89 bits per heavy atom. The van der Waals surface area contributed by atoms with E-state index in [1.165, 1.54) is 0 Å². The first kappa shape index (κ1) is 13.2. The number of hydrogen-bond donors (Lipinski definition) is 1. The van der Waals surface area contributed by atoms with E-state index in [9.17, 15) is 0 Å². The van der Waals surface area contributed by atoms with Crippen LogP contribution in [0.15, 0.2) is 35.3 Å². The second-order valence-electron chi connectivity index (χ2n) is 3.92. The van der Waals surface area contributed by atoms with Gasteiger partial charge in [0.25, 0.3) is 0 Å². The van der Waals surface area contributed by atoms with Crippen LogP contribution in [0.25, 0.3) is 11.3 Å². The minimum Gasteiger partial charge on any atom is -0.383 e. The predicted octanol–water partition coefficient (Wildman–Crippen LogP) is 4.04. The van der Waals surface area contributed by atoms with Gasteiger partial charge in [0.2, 0.25) is 0 Å². The number of rotatable bonds is 3. The summed E-state index contributed by atoms with van der Waals surface area (Å²) in [5, 5.41) is 0.624. The molecular weight excluding hydrogens is 314 g/mol. The lowest BCUT2D eigenvalue weighted by Crippen LogP contribution is -2.03. The Morgan fingerprint density at radius 2 is 2.28 bits per heavy atom. The van der Waals surface area contributed by atoms with E-state index >= 15 is 0 Å². The summed E-state index contributed by atoms with van der Waals surface area (Å²) in [5.41, 5.74) is 7.66. The molecular formula is C13H13BrClN3. The zero-order chi connectivity index (χ0) is 13.3. The summed E-state index contributed by atoms with van der Waals surface area (Å²) in [6.07, 6.45) is 1.79. The number of imidazole rings is 1. The number of aryl methyl sites for hydroxylation is 1. The molecule has 1 heterocycles. The van der Waals surface area contributed by atoms with Crippen molar-refractivity contribution in [3.8, 4) is 11.3 Å². The standard InChI is InChI=1S/C13H13BrClN3/c1-3-6-18-8(2)17-12(13(18)16)10-5-4-9(14)7-11(10)15/h3-5,7H,1,6,16H2,2H3. The number of aromatic nitrogens is 2. The van der Waals surface area contributed by atoms with Crippen LogP contribution in [0.5, 0.6) is 0 Å². The zero-order valence-electron chi connectivity index (χ0n) is 9.95. The molecule has 0 saturated carbocycles. The first-order valence-electron chi connectivity index (χ1n) is 5.43. The molecule has 0 atom stereocenters. The Balaban J connectivity index is 2.57. The SMILES string of the molecule is C=CCn1c(C)nc(-c2ccc(Br)cc2Cl)c1N. The predicted molar refractivity (Wildman–Crippen MR) is 79.7 cm³/mol. The van der Waals surface area contributed by atoms with Gasteiger partial charge in [-0.25, -0.2) is 4.98 Å². The summed E-state index contributed by atoms with van der Waals surface area (Å²) < 4.78 is 2.83. The Kier molecular flexibility index (Phi) is 3.78. The lowest BCUT2D eigenvalue weighted by Gasteiger charge is -2.05. The maximum Gasteiger partial charge on any atom is 0.132 e. The zero-order valence-corrected chi connectivity index (χ0v) is 12.3. The fourth-order valence-electron chi connectivity index (χ4n) is 1.82. The number of hydrogen-bond acceptors (Lipinski definition) is 2. The van der Waals surface area contributed by atoms with Gasteiger partial charge in [-0.1, -0.05) is 39.7 Å². The summed E-state index contributed by atoms with van der Waals surface area (Å²) in [6, 6.07) is 5.66. The van der Waals surface area contributed by atoms with Crippen molar-refractivity contribution in [1.29, 1.82) is 0 Å². The molecule has 2 rings (SSSR count). The number of nitrogen functional groups attached to an aromatic ring is 1. The highest BCUT2D eigenvalue weighted by Crippen LogP contribution is 2.33. The van der Waals surface area contributed by atoms with E-state index in [1.54, 1.807) is 6.08 Å². The number of nitrogens with zero attached hydrogens (tertiary/aromatic N) is 2. The number of anilines is 1. The maximum absolute atomic E-state index is 6.22. The second kappa shape index (κ2) is 5.16. The van der Waals surface area contributed by atoms with Crippen LogP contribution < -0.4 is 5.73 Å². The van der Waals surface area contributed by atoms with Crippen LogP contribution in [0.2, 0.25) is 5.02 Å². The highest BCUT2D eigenvalue weighted by atomic mass is 79.9. The lowest BCUT2D eigenvalue weighted by atomic mass is 10.1. The number of halogens is 2. The van der Waals surface area contributed by atoms with E-state index in [-0.39, 0.29) is 0 Å². The molecule has 18 heavy (non-hydrogen) atoms. The molecule has 0 spiro atoms. The number of allylic oxidation sites excluding steroid dienone is 1. The van der Waals surface area contributed by atoms with Gasteiger partial charge in [-0.05, 0) is 19.1 Å². The van der Waals surface area contributed by atoms with Crippen molar-refractivity contribution in [2.75, 3.05) is 5.73 Å². The first-order chi connectivity index (χ1) is 8.54. The average molecular weight is 327 g/mol. The van der Waals surface area contributed by atoms with Crippen molar-refractivity contribution >= 4 is 33.3 Å². The van der Waals surface area contributed by atoms with Crippen LogP contribution in [-0.2, 0) is 6.54 Å². The highest BCUT2D eigenvalue weighted by molar-refractivity contribution is 9.10. The van der Waals surface area contributed by atoms with Crippen molar-refractivity contribution in [2.24, 2.45) is 0 Å². The Morgan fingerprint density at radius 1 is 1.56 bits per heavy atom. The van der Waals surface area contributed by atoms with E-state index in [4.69, 9.17) is 17.3 Å². The summed E-state index contributed by atoms with van der Waals surface area (Å²) in [7, 11) is 0. The number of benzene rings is 1. The van der Waals surface area contributed by atoms with Crippen LogP contribution in [0.1, 0.15) is 5.82 Å². The molecule has 1 aromatic heterocycles. The van der Waals surface area contributed by atoms with Gasteiger partial charge in [-0.3, -0.25) is 0 Å². The van der Waals surface area contributed by atoms with Gasteiger partial charge in [0, 0.05) is 16.6 Å². The first-order valence-corrected chi connectivity index (χ1v) is 6.60. The largest absolute Gasteiger partial charge is 0.383 e. The smallest absolute Gasteiger partial charge is 0.132 e. The molecule has 94 valence electrons. The van der Waals surface area contributed by atoms with Gasteiger partial charge in [0.1, 0.15) is 17.3 Å². The van der Waals surface area contributed by atoms with Gasteiger partial charge in [-0.15, -0.1) is 6.58 Å². The summed E-state index contributed by atoms with van der Waals surface area (Å²) >= 11 is 9.60. The van der Waals surface area contributed by atoms with Crippen molar-refractivity contribution in [2.45, 2.75) is 13.5 Å². The van der Waals surface area contributed by atoms with Gasteiger partial charge >= 0.3 is 0 Å². The third kappa shape index (κ3) is 2.31. The van der Waals surface area contributed by atoms with E-state index in [2.05, 4.69) is 27.5 Å². The molecule has 3 nitrogen and oxygen atoms in total. The van der Waals surface area contributed by atoms with E-state index in [0.29, 0.717) is 23.1 Å². The topological polar surface area (TPSA) is 43.8 Å². The summed E-state index contributed by atoms with van der Waals surface area (Å²) in [4.78, 5) is 4.48. The second-order valence-corrected chi connectivity index (χ2v) is 5.24. The van der Waals surface area contributed by atoms with Crippen molar-refractivity contribution in [3.05, 3.63) is 46.2 Å². The quantitative estimate of drug-likeness (QED) is 0.865. The molecule has 0 aliphatic carbocycles. The minimum absolute atomic E-state index is 0.608. The summed E-state index contributed by atoms with van der Waals surface area (Å²) in [5.74, 6) is 1.46. The summed E-state index contributed by atoms with van der Waals surface area (Å²) in [6.45, 7) is 6.26. The molecule has 0 aliphatic rings. The van der Waals surface area contributed by atoms with Crippen LogP contribution in [0, 0.1) is 6.92 Å². The molecule has 0 bridgehead atoms. The van der Waals surface area contributed by atoms with Crippen LogP contribution >= 0.6 is 27.5 Å². The van der Waals surface area contributed by atoms with Gasteiger partial charge in [0.05, 0.1) is 5.02 Å². The lowest BCUT2D eigenvalue weighted by molar-refractivity contribution is 0.792. The molecule has 0 unspecified atom stereocenters. The third-order valence-electron chi connectivity index (χ3n) is 2.70. The molecule has 2 N–H and O–H groups in total. The molecule has 1 aromatic carbocycles. The molecule has 5 heteroatoms. The number of nitrogens with two attached hydrogens (primary N) is 1. The fourth-order valence-corrected chi connectivity index (χ4v) is 2.58. The molecule has 0 amide bonds. The van der Waals surface area contributed by atoms with Crippen molar-refractivity contribution in [1.82, 2.24) is 9.55 Å². The van der Waals surface area contributed by atoms with E-state index in [0.717, 1.165) is 15.9 Å². The minimum atomic E-state index is 0.608. The van der Waals surface area contributed by atoms with Gasteiger partial charge in [-0.2, -0.15) is 0 Å². The van der Waals surface area contributed by atoms with Gasteiger partial charge in [0.15, 0.2) is 0 Å². The molecule has 0 fully saturated rings. The Labute approximate surface area is 119 Å². The molecule has 0 aliphatic heterocycles. The normalized spacial score (nSPS) is 10.6.